The number of methoxy groups -OCH3 is 2. The van der Waals surface area contributed by atoms with Gasteiger partial charge in [0.1, 0.15) is 17.9 Å². The van der Waals surface area contributed by atoms with E-state index >= 15 is 0 Å². The Morgan fingerprint density at radius 1 is 0.944 bits per heavy atom. The van der Waals surface area contributed by atoms with E-state index in [0.717, 1.165) is 16.6 Å². The number of amides is 1. The van der Waals surface area contributed by atoms with E-state index in [9.17, 15) is 4.79 Å². The Kier molecular flexibility index (Phi) is 6.10. The fourth-order valence-corrected chi connectivity index (χ4v) is 3.78. The lowest BCUT2D eigenvalue weighted by atomic mass is 10.1. The van der Waals surface area contributed by atoms with Crippen molar-refractivity contribution < 1.29 is 18.7 Å². The number of benzene rings is 3. The van der Waals surface area contributed by atoms with Crippen molar-refractivity contribution in [3.05, 3.63) is 84.9 Å². The van der Waals surface area contributed by atoms with E-state index in [4.69, 9.17) is 19.6 Å². The maximum absolute atomic E-state index is 12.9. The lowest BCUT2D eigenvalue weighted by Crippen LogP contribution is -2.13. The molecule has 180 valence electrons. The molecule has 2 aromatic heterocycles. The first-order valence-electron chi connectivity index (χ1n) is 11.0. The molecular weight excluding hydrogens is 458 g/mol. The van der Waals surface area contributed by atoms with Gasteiger partial charge in [0.05, 0.1) is 37.4 Å². The van der Waals surface area contributed by atoms with E-state index in [1.807, 2.05) is 18.2 Å². The molecule has 0 bridgehead atoms. The third kappa shape index (κ3) is 4.49. The van der Waals surface area contributed by atoms with E-state index in [1.54, 1.807) is 69.0 Å². The number of furan rings is 1. The number of anilines is 4. The molecule has 0 spiro atoms. The highest BCUT2D eigenvalue weighted by molar-refractivity contribution is 6.06. The molecule has 1 amide bonds. The highest BCUT2D eigenvalue weighted by Gasteiger charge is 2.13. The SMILES string of the molecule is COc1cc2ncnc(Nc3ccc(C(=O)Nc4cc(-c5ccco5)ccc4N)cc3)c2cc1OC. The molecule has 0 aliphatic carbocycles. The molecule has 5 rings (SSSR count). The summed E-state index contributed by atoms with van der Waals surface area (Å²) in [6.07, 6.45) is 3.07. The van der Waals surface area contributed by atoms with Crippen molar-refractivity contribution in [3.8, 4) is 22.8 Å². The number of hydrogen-bond donors (Lipinski definition) is 3. The molecule has 0 saturated heterocycles. The van der Waals surface area contributed by atoms with Gasteiger partial charge >= 0.3 is 0 Å². The third-order valence-electron chi connectivity index (χ3n) is 5.66. The Balaban J connectivity index is 1.35. The van der Waals surface area contributed by atoms with Gasteiger partial charge in [0.2, 0.25) is 0 Å². The quantitative estimate of drug-likeness (QED) is 0.261. The van der Waals surface area contributed by atoms with Crippen LogP contribution < -0.4 is 25.8 Å². The van der Waals surface area contributed by atoms with Crippen LogP contribution in [0.1, 0.15) is 10.4 Å². The van der Waals surface area contributed by atoms with Gasteiger partial charge in [-0.1, -0.05) is 0 Å². The van der Waals surface area contributed by atoms with Crippen LogP contribution >= 0.6 is 0 Å². The van der Waals surface area contributed by atoms with Gasteiger partial charge in [0.25, 0.3) is 5.91 Å². The Bertz CT molecular complexity index is 1530. The fraction of sp³-hybridized carbons (Fsp3) is 0.0741. The summed E-state index contributed by atoms with van der Waals surface area (Å²) < 4.78 is 16.2. The average molecular weight is 482 g/mol. The van der Waals surface area contributed by atoms with Crippen LogP contribution in [0.25, 0.3) is 22.2 Å². The number of nitrogen functional groups attached to an aromatic ring is 1. The van der Waals surface area contributed by atoms with Gasteiger partial charge in [0, 0.05) is 28.3 Å². The highest BCUT2D eigenvalue weighted by Crippen LogP contribution is 2.34. The van der Waals surface area contributed by atoms with Crippen LogP contribution in [0.15, 0.2) is 83.7 Å². The number of nitrogens with one attached hydrogen (secondary N) is 2. The minimum Gasteiger partial charge on any atom is -0.493 e. The molecule has 2 heterocycles. The van der Waals surface area contributed by atoms with Crippen LogP contribution in [0.5, 0.6) is 11.5 Å². The molecule has 0 aliphatic rings. The second-order valence-electron chi connectivity index (χ2n) is 7.88. The van der Waals surface area contributed by atoms with Crippen molar-refractivity contribution >= 4 is 39.7 Å². The summed E-state index contributed by atoms with van der Waals surface area (Å²) >= 11 is 0. The van der Waals surface area contributed by atoms with Gasteiger partial charge in [-0.25, -0.2) is 9.97 Å². The fourth-order valence-electron chi connectivity index (χ4n) is 3.78. The van der Waals surface area contributed by atoms with Crippen LogP contribution in [0.4, 0.5) is 22.9 Å². The maximum atomic E-state index is 12.9. The number of nitrogens with two attached hydrogens (primary N) is 1. The summed E-state index contributed by atoms with van der Waals surface area (Å²) in [6.45, 7) is 0. The van der Waals surface area contributed by atoms with Gasteiger partial charge in [0.15, 0.2) is 11.5 Å². The van der Waals surface area contributed by atoms with Crippen molar-refractivity contribution in [2.45, 2.75) is 0 Å². The predicted octanol–water partition coefficient (Wildman–Crippen LogP) is 5.49. The van der Waals surface area contributed by atoms with Gasteiger partial charge in [-0.3, -0.25) is 4.79 Å². The normalized spacial score (nSPS) is 10.7. The summed E-state index contributed by atoms with van der Waals surface area (Å²) in [7, 11) is 3.15. The molecule has 0 fully saturated rings. The number of fused-ring (bicyclic) bond motifs is 1. The number of ether oxygens (including phenoxy) is 2. The van der Waals surface area contributed by atoms with E-state index in [-0.39, 0.29) is 5.91 Å². The summed E-state index contributed by atoms with van der Waals surface area (Å²) in [5.74, 6) is 2.16. The molecule has 0 aliphatic heterocycles. The topological polar surface area (TPSA) is 125 Å². The second kappa shape index (κ2) is 9.67. The van der Waals surface area contributed by atoms with Crippen molar-refractivity contribution in [2.24, 2.45) is 0 Å². The van der Waals surface area contributed by atoms with Crippen LogP contribution in [0.2, 0.25) is 0 Å². The summed E-state index contributed by atoms with van der Waals surface area (Å²) in [6, 6.07) is 19.6. The van der Waals surface area contributed by atoms with Crippen LogP contribution in [0.3, 0.4) is 0 Å². The molecule has 4 N–H and O–H groups in total. The van der Waals surface area contributed by atoms with Crippen LogP contribution in [0, 0.1) is 0 Å². The largest absolute Gasteiger partial charge is 0.493 e. The molecule has 36 heavy (non-hydrogen) atoms. The van der Waals surface area contributed by atoms with Crippen molar-refractivity contribution in [1.29, 1.82) is 0 Å². The van der Waals surface area contributed by atoms with Gasteiger partial charge in [-0.15, -0.1) is 0 Å². The first-order chi connectivity index (χ1) is 17.6. The lowest BCUT2D eigenvalue weighted by Gasteiger charge is -2.13. The summed E-state index contributed by atoms with van der Waals surface area (Å²) in [5, 5.41) is 6.91. The Morgan fingerprint density at radius 3 is 2.44 bits per heavy atom. The first kappa shape index (κ1) is 22.7. The minimum absolute atomic E-state index is 0.283. The van der Waals surface area contributed by atoms with Gasteiger partial charge in [-0.2, -0.15) is 0 Å². The van der Waals surface area contributed by atoms with Crippen LogP contribution in [-0.2, 0) is 0 Å². The van der Waals surface area contributed by atoms with Crippen LogP contribution in [-0.4, -0.2) is 30.1 Å². The van der Waals surface area contributed by atoms with Gasteiger partial charge < -0.3 is 30.3 Å². The van der Waals surface area contributed by atoms with Gasteiger partial charge in [-0.05, 0) is 60.7 Å². The van der Waals surface area contributed by atoms with E-state index in [0.29, 0.717) is 45.5 Å². The monoisotopic (exact) mass is 481 g/mol. The molecule has 9 heteroatoms. The second-order valence-corrected chi connectivity index (χ2v) is 7.88. The maximum Gasteiger partial charge on any atom is 0.255 e. The number of carbonyl (C=O) groups is 1. The standard InChI is InChI=1S/C27H23N5O4/c1-34-24-13-19-21(14-25(24)35-2)29-15-30-26(19)31-18-8-5-16(6-9-18)27(33)32-22-12-17(7-10-20(22)28)23-4-3-11-36-23/h3-15H,28H2,1-2H3,(H,32,33)(H,29,30,31). The van der Waals surface area contributed by atoms with Crippen molar-refractivity contribution in [1.82, 2.24) is 9.97 Å². The average Bonchev–Trinajstić information content (AvgIpc) is 3.45. The summed E-state index contributed by atoms with van der Waals surface area (Å²) in [4.78, 5) is 21.6. The molecular formula is C27H23N5O4. The Labute approximate surface area is 206 Å². The number of aromatic nitrogens is 2. The zero-order valence-electron chi connectivity index (χ0n) is 19.6. The molecule has 0 unspecified atom stereocenters. The minimum atomic E-state index is -0.283. The number of carbonyl (C=O) groups excluding carboxylic acids is 1. The first-order valence-corrected chi connectivity index (χ1v) is 11.0. The Morgan fingerprint density at radius 2 is 1.72 bits per heavy atom. The van der Waals surface area contributed by atoms with Crippen molar-refractivity contribution in [3.63, 3.8) is 0 Å². The molecule has 0 atom stereocenters. The van der Waals surface area contributed by atoms with E-state index in [2.05, 4.69) is 20.6 Å². The smallest absolute Gasteiger partial charge is 0.255 e. The van der Waals surface area contributed by atoms with E-state index in [1.165, 1.54) is 6.33 Å². The number of hydrogen-bond acceptors (Lipinski definition) is 8. The van der Waals surface area contributed by atoms with E-state index < -0.39 is 0 Å². The lowest BCUT2D eigenvalue weighted by molar-refractivity contribution is 0.102. The summed E-state index contributed by atoms with van der Waals surface area (Å²) in [5.41, 5.74) is 9.79. The molecule has 3 aromatic carbocycles. The predicted molar refractivity (Wildman–Crippen MR) is 139 cm³/mol. The molecule has 0 saturated carbocycles. The Hall–Kier alpha value is -5.05. The molecule has 0 radical (unpaired) electrons. The zero-order valence-corrected chi connectivity index (χ0v) is 19.6. The molecule has 9 nitrogen and oxygen atoms in total. The molecule has 5 aromatic rings. The third-order valence-corrected chi connectivity index (χ3v) is 5.66. The number of nitrogens with zero attached hydrogens (tertiary/aromatic N) is 2. The number of rotatable bonds is 7. The van der Waals surface area contributed by atoms with Crippen molar-refractivity contribution in [2.75, 3.05) is 30.6 Å². The zero-order chi connectivity index (χ0) is 25.1. The highest BCUT2D eigenvalue weighted by atomic mass is 16.5.